The highest BCUT2D eigenvalue weighted by Crippen LogP contribution is 2.20. The van der Waals surface area contributed by atoms with E-state index in [1.54, 1.807) is 0 Å². The molecule has 2 rings (SSSR count). The van der Waals surface area contributed by atoms with Gasteiger partial charge >= 0.3 is 0 Å². The standard InChI is InChI=1S/C16H20N2/c1-3-17-16(12-14-8-5-4-6-9-14)15-10-7-11-18-13(15)2/h4-11,16-17H,3,12H2,1-2H3. The van der Waals surface area contributed by atoms with Crippen molar-refractivity contribution in [3.63, 3.8) is 0 Å². The Balaban J connectivity index is 2.21. The molecule has 1 atom stereocenters. The molecule has 0 aliphatic carbocycles. The fourth-order valence-electron chi connectivity index (χ4n) is 2.25. The van der Waals surface area contributed by atoms with Crippen molar-refractivity contribution in [2.75, 3.05) is 6.54 Å². The van der Waals surface area contributed by atoms with Gasteiger partial charge in [-0.15, -0.1) is 0 Å². The van der Waals surface area contributed by atoms with Crippen LogP contribution in [0.2, 0.25) is 0 Å². The average molecular weight is 240 g/mol. The zero-order valence-electron chi connectivity index (χ0n) is 11.1. The van der Waals surface area contributed by atoms with Gasteiger partial charge in [-0.2, -0.15) is 0 Å². The summed E-state index contributed by atoms with van der Waals surface area (Å²) in [6.07, 6.45) is 2.85. The van der Waals surface area contributed by atoms with E-state index in [1.165, 1.54) is 11.1 Å². The molecule has 0 bridgehead atoms. The lowest BCUT2D eigenvalue weighted by Crippen LogP contribution is -2.24. The van der Waals surface area contributed by atoms with Crippen LogP contribution >= 0.6 is 0 Å². The average Bonchev–Trinajstić information content (AvgIpc) is 2.40. The van der Waals surface area contributed by atoms with Crippen molar-refractivity contribution in [1.82, 2.24) is 10.3 Å². The lowest BCUT2D eigenvalue weighted by Gasteiger charge is -2.19. The number of aryl methyl sites for hydroxylation is 1. The summed E-state index contributed by atoms with van der Waals surface area (Å²) in [4.78, 5) is 4.38. The predicted molar refractivity (Wildman–Crippen MR) is 75.5 cm³/mol. The highest BCUT2D eigenvalue weighted by Gasteiger charge is 2.13. The Hall–Kier alpha value is -1.67. The molecule has 0 aliphatic rings. The minimum Gasteiger partial charge on any atom is -0.310 e. The largest absolute Gasteiger partial charge is 0.310 e. The third kappa shape index (κ3) is 3.17. The highest BCUT2D eigenvalue weighted by molar-refractivity contribution is 5.26. The maximum atomic E-state index is 4.38. The summed E-state index contributed by atoms with van der Waals surface area (Å²) in [5, 5.41) is 3.55. The summed E-state index contributed by atoms with van der Waals surface area (Å²) in [6.45, 7) is 5.18. The Bertz CT molecular complexity index is 479. The van der Waals surface area contributed by atoms with Gasteiger partial charge in [0, 0.05) is 17.9 Å². The summed E-state index contributed by atoms with van der Waals surface area (Å²) in [5.41, 5.74) is 3.76. The van der Waals surface area contributed by atoms with Gasteiger partial charge < -0.3 is 5.32 Å². The molecule has 0 fully saturated rings. The molecule has 0 radical (unpaired) electrons. The SMILES string of the molecule is CCNC(Cc1ccccc1)c1cccnc1C. The van der Waals surface area contributed by atoms with Gasteiger partial charge in [0.2, 0.25) is 0 Å². The summed E-state index contributed by atoms with van der Waals surface area (Å²) in [6, 6.07) is 15.1. The number of pyridine rings is 1. The van der Waals surface area contributed by atoms with Crippen molar-refractivity contribution in [2.45, 2.75) is 26.3 Å². The smallest absolute Gasteiger partial charge is 0.0420 e. The number of benzene rings is 1. The fourth-order valence-corrected chi connectivity index (χ4v) is 2.25. The Kier molecular flexibility index (Phi) is 4.48. The number of rotatable bonds is 5. The van der Waals surface area contributed by atoms with Crippen LogP contribution in [0.25, 0.3) is 0 Å². The van der Waals surface area contributed by atoms with Gasteiger partial charge in [-0.25, -0.2) is 0 Å². The molecule has 2 nitrogen and oxygen atoms in total. The Morgan fingerprint density at radius 2 is 1.89 bits per heavy atom. The van der Waals surface area contributed by atoms with Crippen LogP contribution in [0, 0.1) is 6.92 Å². The van der Waals surface area contributed by atoms with Crippen LogP contribution in [-0.2, 0) is 6.42 Å². The Morgan fingerprint density at radius 1 is 1.11 bits per heavy atom. The van der Waals surface area contributed by atoms with E-state index in [-0.39, 0.29) is 0 Å². The van der Waals surface area contributed by atoms with Crippen LogP contribution in [-0.4, -0.2) is 11.5 Å². The second kappa shape index (κ2) is 6.31. The number of hydrogen-bond donors (Lipinski definition) is 1. The summed E-state index contributed by atoms with van der Waals surface area (Å²) in [7, 11) is 0. The highest BCUT2D eigenvalue weighted by atomic mass is 14.9. The van der Waals surface area contributed by atoms with E-state index in [0.29, 0.717) is 6.04 Å². The molecular formula is C16H20N2. The molecule has 1 N–H and O–H groups in total. The number of hydrogen-bond acceptors (Lipinski definition) is 2. The van der Waals surface area contributed by atoms with Gasteiger partial charge in [-0.3, -0.25) is 4.98 Å². The van der Waals surface area contributed by atoms with Crippen molar-refractivity contribution in [1.29, 1.82) is 0 Å². The number of nitrogens with one attached hydrogen (secondary N) is 1. The molecule has 94 valence electrons. The quantitative estimate of drug-likeness (QED) is 0.867. The molecule has 2 heteroatoms. The van der Waals surface area contributed by atoms with Gasteiger partial charge in [0.15, 0.2) is 0 Å². The predicted octanol–water partition coefficient (Wildman–Crippen LogP) is 3.28. The summed E-state index contributed by atoms with van der Waals surface area (Å²) in [5.74, 6) is 0. The van der Waals surface area contributed by atoms with E-state index in [2.05, 4.69) is 60.5 Å². The second-order valence-electron chi connectivity index (χ2n) is 4.48. The van der Waals surface area contributed by atoms with Crippen LogP contribution in [0.4, 0.5) is 0 Å². The van der Waals surface area contributed by atoms with E-state index < -0.39 is 0 Å². The normalized spacial score (nSPS) is 12.3. The first-order chi connectivity index (χ1) is 8.81. The van der Waals surface area contributed by atoms with Gasteiger partial charge in [-0.1, -0.05) is 43.3 Å². The second-order valence-corrected chi connectivity index (χ2v) is 4.48. The molecule has 0 amide bonds. The van der Waals surface area contributed by atoms with Crippen LogP contribution in [0.3, 0.4) is 0 Å². The lowest BCUT2D eigenvalue weighted by molar-refractivity contribution is 0.545. The minimum atomic E-state index is 0.339. The molecule has 0 saturated carbocycles. The summed E-state index contributed by atoms with van der Waals surface area (Å²) < 4.78 is 0. The zero-order chi connectivity index (χ0) is 12.8. The van der Waals surface area contributed by atoms with Crippen molar-refractivity contribution < 1.29 is 0 Å². The first kappa shape index (κ1) is 12.8. The Morgan fingerprint density at radius 3 is 2.56 bits per heavy atom. The summed E-state index contributed by atoms with van der Waals surface area (Å²) >= 11 is 0. The first-order valence-corrected chi connectivity index (χ1v) is 6.50. The van der Waals surface area contributed by atoms with Gasteiger partial charge in [0.1, 0.15) is 0 Å². The van der Waals surface area contributed by atoms with E-state index in [4.69, 9.17) is 0 Å². The maximum absolute atomic E-state index is 4.38. The minimum absolute atomic E-state index is 0.339. The Labute approximate surface area is 109 Å². The number of likely N-dealkylation sites (N-methyl/N-ethyl adjacent to an activating group) is 1. The van der Waals surface area contributed by atoms with E-state index in [9.17, 15) is 0 Å². The maximum Gasteiger partial charge on any atom is 0.0420 e. The van der Waals surface area contributed by atoms with Gasteiger partial charge in [0.25, 0.3) is 0 Å². The van der Waals surface area contributed by atoms with E-state index in [0.717, 1.165) is 18.7 Å². The molecule has 1 unspecified atom stereocenters. The molecule has 1 heterocycles. The monoisotopic (exact) mass is 240 g/mol. The van der Waals surface area contributed by atoms with Crippen LogP contribution < -0.4 is 5.32 Å². The number of aromatic nitrogens is 1. The lowest BCUT2D eigenvalue weighted by atomic mass is 9.98. The molecule has 0 spiro atoms. The molecule has 18 heavy (non-hydrogen) atoms. The molecule has 2 aromatic rings. The molecule has 0 saturated heterocycles. The first-order valence-electron chi connectivity index (χ1n) is 6.50. The fraction of sp³-hybridized carbons (Fsp3) is 0.312. The van der Waals surface area contributed by atoms with Crippen LogP contribution in [0.5, 0.6) is 0 Å². The van der Waals surface area contributed by atoms with Gasteiger partial charge in [0.05, 0.1) is 0 Å². The van der Waals surface area contributed by atoms with Gasteiger partial charge in [-0.05, 0) is 37.1 Å². The van der Waals surface area contributed by atoms with Crippen LogP contribution in [0.1, 0.15) is 29.8 Å². The third-order valence-corrected chi connectivity index (χ3v) is 3.16. The number of nitrogens with zero attached hydrogens (tertiary/aromatic N) is 1. The molecule has 1 aromatic carbocycles. The third-order valence-electron chi connectivity index (χ3n) is 3.16. The zero-order valence-corrected chi connectivity index (χ0v) is 11.1. The van der Waals surface area contributed by atoms with Crippen molar-refractivity contribution >= 4 is 0 Å². The topological polar surface area (TPSA) is 24.9 Å². The van der Waals surface area contributed by atoms with E-state index in [1.807, 2.05) is 12.3 Å². The van der Waals surface area contributed by atoms with Crippen molar-refractivity contribution in [3.05, 3.63) is 65.5 Å². The van der Waals surface area contributed by atoms with Crippen LogP contribution in [0.15, 0.2) is 48.7 Å². The molecule has 0 aliphatic heterocycles. The van der Waals surface area contributed by atoms with Crippen molar-refractivity contribution in [2.24, 2.45) is 0 Å². The van der Waals surface area contributed by atoms with E-state index >= 15 is 0 Å². The molecular weight excluding hydrogens is 220 g/mol. The molecule has 1 aromatic heterocycles. The van der Waals surface area contributed by atoms with Crippen molar-refractivity contribution in [3.8, 4) is 0 Å².